The molecular formula is C13H23BrN2OS. The summed E-state index contributed by atoms with van der Waals surface area (Å²) in [4.78, 5) is 0. The third-order valence-electron chi connectivity index (χ3n) is 2.64. The van der Waals surface area contributed by atoms with Gasteiger partial charge in [-0.15, -0.1) is 0 Å². The van der Waals surface area contributed by atoms with Crippen LogP contribution in [0.15, 0.2) is 4.47 Å². The number of hydrogen-bond acceptors (Lipinski definition) is 3. The molecular weight excluding hydrogens is 312 g/mol. The highest BCUT2D eigenvalue weighted by atomic mass is 79.9. The van der Waals surface area contributed by atoms with Crippen LogP contribution in [0.4, 0.5) is 0 Å². The summed E-state index contributed by atoms with van der Waals surface area (Å²) in [6.07, 6.45) is 1.22. The van der Waals surface area contributed by atoms with Gasteiger partial charge in [-0.2, -0.15) is 16.9 Å². The van der Waals surface area contributed by atoms with Gasteiger partial charge in [-0.1, -0.05) is 27.7 Å². The summed E-state index contributed by atoms with van der Waals surface area (Å²) < 4.78 is 3.11. The summed E-state index contributed by atoms with van der Waals surface area (Å²) in [5, 5.41) is 14.6. The fourth-order valence-electron chi connectivity index (χ4n) is 1.67. The van der Waals surface area contributed by atoms with Crippen molar-refractivity contribution in [2.45, 2.75) is 51.4 Å². The van der Waals surface area contributed by atoms with E-state index in [1.54, 1.807) is 11.8 Å². The first-order chi connectivity index (χ1) is 8.24. The molecule has 0 amide bonds. The smallest absolute Gasteiger partial charge is 0.0766 e. The van der Waals surface area contributed by atoms with E-state index in [0.717, 1.165) is 28.0 Å². The zero-order valence-electron chi connectivity index (χ0n) is 11.8. The van der Waals surface area contributed by atoms with Gasteiger partial charge in [0.1, 0.15) is 0 Å². The molecule has 5 heteroatoms. The van der Waals surface area contributed by atoms with Gasteiger partial charge in [-0.25, -0.2) is 0 Å². The number of aromatic nitrogens is 2. The van der Waals surface area contributed by atoms with E-state index >= 15 is 0 Å². The first-order valence-corrected chi connectivity index (χ1v) is 8.04. The highest BCUT2D eigenvalue weighted by molar-refractivity contribution is 9.10. The van der Waals surface area contributed by atoms with Gasteiger partial charge in [0.05, 0.1) is 22.0 Å². The van der Waals surface area contributed by atoms with Crippen molar-refractivity contribution in [1.29, 1.82) is 0 Å². The van der Waals surface area contributed by atoms with Gasteiger partial charge in [0.25, 0.3) is 0 Å². The van der Waals surface area contributed by atoms with Gasteiger partial charge in [0.15, 0.2) is 0 Å². The Morgan fingerprint density at radius 1 is 1.44 bits per heavy atom. The molecule has 104 valence electrons. The minimum absolute atomic E-state index is 0.194. The third kappa shape index (κ3) is 4.59. The maximum Gasteiger partial charge on any atom is 0.0766 e. The monoisotopic (exact) mass is 334 g/mol. The molecule has 1 atom stereocenters. The molecule has 1 unspecified atom stereocenters. The molecule has 1 N–H and O–H groups in total. The molecule has 0 aliphatic rings. The minimum Gasteiger partial charge on any atom is -0.392 e. The lowest BCUT2D eigenvalue weighted by Crippen LogP contribution is -2.20. The van der Waals surface area contributed by atoms with Crippen LogP contribution in [-0.2, 0) is 19.9 Å². The second-order valence-corrected chi connectivity index (χ2v) is 8.11. The Kier molecular flexibility index (Phi) is 5.74. The van der Waals surface area contributed by atoms with Crippen LogP contribution in [0.3, 0.4) is 0 Å². The summed E-state index contributed by atoms with van der Waals surface area (Å²) in [7, 11) is 1.93. The van der Waals surface area contributed by atoms with Crippen molar-refractivity contribution in [2.24, 2.45) is 7.05 Å². The Morgan fingerprint density at radius 2 is 2.06 bits per heavy atom. The molecule has 0 aliphatic heterocycles. The minimum atomic E-state index is -0.328. The molecule has 0 saturated heterocycles. The lowest BCUT2D eigenvalue weighted by Gasteiger charge is -2.20. The van der Waals surface area contributed by atoms with E-state index in [0.29, 0.717) is 6.42 Å². The van der Waals surface area contributed by atoms with Gasteiger partial charge in [0, 0.05) is 24.0 Å². The van der Waals surface area contributed by atoms with Crippen LogP contribution >= 0.6 is 27.7 Å². The van der Waals surface area contributed by atoms with Crippen molar-refractivity contribution in [2.75, 3.05) is 5.75 Å². The highest BCUT2D eigenvalue weighted by Crippen LogP contribution is 2.26. The summed E-state index contributed by atoms with van der Waals surface area (Å²) >= 11 is 5.37. The third-order valence-corrected chi connectivity index (χ3v) is 4.97. The maximum absolute atomic E-state index is 10.1. The quantitative estimate of drug-likeness (QED) is 0.898. The molecule has 0 spiro atoms. The number of rotatable bonds is 5. The van der Waals surface area contributed by atoms with Gasteiger partial charge in [0.2, 0.25) is 0 Å². The van der Waals surface area contributed by atoms with E-state index in [1.807, 2.05) is 11.7 Å². The molecule has 18 heavy (non-hydrogen) atoms. The van der Waals surface area contributed by atoms with Crippen LogP contribution in [0.25, 0.3) is 0 Å². The Morgan fingerprint density at radius 3 is 2.50 bits per heavy atom. The van der Waals surface area contributed by atoms with Gasteiger partial charge in [-0.3, -0.25) is 4.68 Å². The fourth-order valence-corrected chi connectivity index (χ4v) is 3.26. The normalized spacial score (nSPS) is 13.9. The van der Waals surface area contributed by atoms with Crippen LogP contribution in [0.1, 0.15) is 39.1 Å². The molecule has 0 aliphatic carbocycles. The summed E-state index contributed by atoms with van der Waals surface area (Å²) in [5.41, 5.74) is 2.14. The second kappa shape index (κ2) is 6.44. The van der Waals surface area contributed by atoms with E-state index in [9.17, 15) is 5.11 Å². The first kappa shape index (κ1) is 16.1. The molecule has 0 bridgehead atoms. The zero-order chi connectivity index (χ0) is 13.9. The number of thioether (sulfide) groups is 1. The van der Waals surface area contributed by atoms with E-state index in [2.05, 4.69) is 48.7 Å². The number of aliphatic hydroxyl groups excluding tert-OH is 1. The molecule has 0 radical (unpaired) electrons. The number of halogens is 1. The summed E-state index contributed by atoms with van der Waals surface area (Å²) in [5.74, 6) is 0.753. The molecule has 0 saturated carbocycles. The van der Waals surface area contributed by atoms with Crippen molar-refractivity contribution in [3.8, 4) is 0 Å². The largest absolute Gasteiger partial charge is 0.392 e. The average Bonchev–Trinajstić information content (AvgIpc) is 2.53. The lowest BCUT2D eigenvalue weighted by atomic mass is 10.2. The molecule has 3 nitrogen and oxygen atoms in total. The van der Waals surface area contributed by atoms with E-state index in [1.165, 1.54) is 0 Å². The van der Waals surface area contributed by atoms with E-state index < -0.39 is 0 Å². The molecule has 0 fully saturated rings. The van der Waals surface area contributed by atoms with Crippen LogP contribution < -0.4 is 0 Å². The van der Waals surface area contributed by atoms with Crippen LogP contribution in [-0.4, -0.2) is 31.5 Å². The Balaban J connectivity index is 2.64. The Labute approximate surface area is 122 Å². The van der Waals surface area contributed by atoms with Crippen LogP contribution in [0, 0.1) is 0 Å². The molecule has 1 rings (SSSR count). The zero-order valence-corrected chi connectivity index (χ0v) is 14.2. The molecule has 0 aromatic carbocycles. The molecule has 1 aromatic rings. The van der Waals surface area contributed by atoms with Crippen molar-refractivity contribution in [3.05, 3.63) is 15.9 Å². The predicted molar refractivity (Wildman–Crippen MR) is 82.2 cm³/mol. The Hall–Kier alpha value is -0.000000000000000111. The van der Waals surface area contributed by atoms with Gasteiger partial charge in [-0.05, 0) is 22.4 Å². The maximum atomic E-state index is 10.1. The van der Waals surface area contributed by atoms with Gasteiger partial charge < -0.3 is 5.11 Å². The molecule has 1 heterocycles. The van der Waals surface area contributed by atoms with Crippen molar-refractivity contribution in [3.63, 3.8) is 0 Å². The van der Waals surface area contributed by atoms with Crippen LogP contribution in [0.2, 0.25) is 0 Å². The van der Waals surface area contributed by atoms with Crippen molar-refractivity contribution >= 4 is 27.7 Å². The number of nitrogens with zero attached hydrogens (tertiary/aromatic N) is 2. The summed E-state index contributed by atoms with van der Waals surface area (Å²) in [6.45, 7) is 8.58. The fraction of sp³-hybridized carbons (Fsp3) is 0.769. The van der Waals surface area contributed by atoms with Gasteiger partial charge >= 0.3 is 0 Å². The summed E-state index contributed by atoms with van der Waals surface area (Å²) in [6, 6.07) is 0. The first-order valence-electron chi connectivity index (χ1n) is 6.27. The number of hydrogen-bond donors (Lipinski definition) is 1. The van der Waals surface area contributed by atoms with Crippen molar-refractivity contribution < 1.29 is 5.11 Å². The number of aryl methyl sites for hydroxylation is 2. The lowest BCUT2D eigenvalue weighted by molar-refractivity contribution is 0.197. The number of aliphatic hydroxyl groups is 1. The predicted octanol–water partition coefficient (Wildman–Crippen LogP) is 3.18. The average molecular weight is 335 g/mol. The Bertz CT molecular complexity index is 398. The second-order valence-electron chi connectivity index (χ2n) is 5.47. The topological polar surface area (TPSA) is 38.0 Å². The molecule has 1 aromatic heterocycles. The van der Waals surface area contributed by atoms with Crippen molar-refractivity contribution in [1.82, 2.24) is 9.78 Å². The van der Waals surface area contributed by atoms with Crippen LogP contribution in [0.5, 0.6) is 0 Å². The van der Waals surface area contributed by atoms with E-state index in [4.69, 9.17) is 0 Å². The SMILES string of the molecule is CCc1nn(C)c(CC(O)CSC(C)(C)C)c1Br. The van der Waals surface area contributed by atoms with E-state index in [-0.39, 0.29) is 10.9 Å². The standard InChI is InChI=1S/C13H23BrN2OS/c1-6-10-12(14)11(16(5)15-10)7-9(17)8-18-13(2,3)4/h9,17H,6-8H2,1-5H3. The highest BCUT2D eigenvalue weighted by Gasteiger charge is 2.18.